The number of hydrogen-bond donors (Lipinski definition) is 1. The van der Waals surface area contributed by atoms with Crippen molar-refractivity contribution >= 4 is 5.82 Å². The van der Waals surface area contributed by atoms with E-state index >= 15 is 0 Å². The third-order valence-corrected chi connectivity index (χ3v) is 3.68. The first-order valence-corrected chi connectivity index (χ1v) is 7.28. The van der Waals surface area contributed by atoms with Gasteiger partial charge in [0.1, 0.15) is 5.82 Å². The van der Waals surface area contributed by atoms with E-state index in [1.165, 1.54) is 19.3 Å². The van der Waals surface area contributed by atoms with Crippen LogP contribution in [0.3, 0.4) is 0 Å². The van der Waals surface area contributed by atoms with Crippen LogP contribution in [0.5, 0.6) is 0 Å². The Balaban J connectivity index is 1.63. The summed E-state index contributed by atoms with van der Waals surface area (Å²) < 4.78 is 5.06. The minimum absolute atomic E-state index is 0.669. The van der Waals surface area contributed by atoms with Gasteiger partial charge in [-0.25, -0.2) is 4.98 Å². The van der Waals surface area contributed by atoms with E-state index in [0.717, 1.165) is 38.5 Å². The zero-order chi connectivity index (χ0) is 13.3. The topological polar surface area (TPSA) is 37.4 Å². The molecule has 1 fully saturated rings. The quantitative estimate of drug-likeness (QED) is 0.764. The summed E-state index contributed by atoms with van der Waals surface area (Å²) in [5, 5.41) is 3.65. The van der Waals surface area contributed by atoms with E-state index in [9.17, 15) is 0 Å². The molecule has 0 bridgehead atoms. The number of rotatable bonds is 7. The Morgan fingerprint density at radius 1 is 1.32 bits per heavy atom. The van der Waals surface area contributed by atoms with Crippen LogP contribution >= 0.6 is 0 Å². The molecule has 0 atom stereocenters. The van der Waals surface area contributed by atoms with E-state index in [1.54, 1.807) is 7.11 Å². The SMILES string of the molecule is COCCCCNC1CCN(c2ccccn2)CC1. The average molecular weight is 263 g/mol. The molecule has 1 aliphatic rings. The Morgan fingerprint density at radius 2 is 2.16 bits per heavy atom. The van der Waals surface area contributed by atoms with Gasteiger partial charge in [-0.05, 0) is 44.4 Å². The number of hydrogen-bond acceptors (Lipinski definition) is 4. The summed E-state index contributed by atoms with van der Waals surface area (Å²) in [6.45, 7) is 4.19. The van der Waals surface area contributed by atoms with Crippen molar-refractivity contribution in [3.63, 3.8) is 0 Å². The number of pyridine rings is 1. The van der Waals surface area contributed by atoms with Gasteiger partial charge < -0.3 is 15.0 Å². The Hall–Kier alpha value is -1.13. The van der Waals surface area contributed by atoms with Crippen LogP contribution < -0.4 is 10.2 Å². The van der Waals surface area contributed by atoms with Crippen LogP contribution in [-0.4, -0.2) is 44.4 Å². The summed E-state index contributed by atoms with van der Waals surface area (Å²) >= 11 is 0. The Bertz CT molecular complexity index is 337. The van der Waals surface area contributed by atoms with Crippen molar-refractivity contribution in [1.29, 1.82) is 0 Å². The van der Waals surface area contributed by atoms with Crippen molar-refractivity contribution < 1.29 is 4.74 Å². The molecule has 106 valence electrons. The van der Waals surface area contributed by atoms with Crippen LogP contribution in [0.4, 0.5) is 5.82 Å². The van der Waals surface area contributed by atoms with Gasteiger partial charge in [0.15, 0.2) is 0 Å². The Kier molecular flexibility index (Phi) is 6.11. The first-order valence-electron chi connectivity index (χ1n) is 7.28. The normalized spacial score (nSPS) is 16.8. The fourth-order valence-electron chi connectivity index (χ4n) is 2.53. The zero-order valence-electron chi connectivity index (χ0n) is 11.8. The predicted octanol–water partition coefficient (Wildman–Crippen LogP) is 2.07. The smallest absolute Gasteiger partial charge is 0.128 e. The molecule has 0 aromatic carbocycles. The van der Waals surface area contributed by atoms with Crippen LogP contribution in [0, 0.1) is 0 Å². The molecule has 0 aliphatic carbocycles. The van der Waals surface area contributed by atoms with Gasteiger partial charge >= 0.3 is 0 Å². The molecule has 0 spiro atoms. The number of methoxy groups -OCH3 is 1. The minimum Gasteiger partial charge on any atom is -0.385 e. The predicted molar refractivity (Wildman–Crippen MR) is 78.6 cm³/mol. The number of nitrogens with zero attached hydrogens (tertiary/aromatic N) is 2. The van der Waals surface area contributed by atoms with Crippen molar-refractivity contribution in [3.8, 4) is 0 Å². The van der Waals surface area contributed by atoms with Gasteiger partial charge in [0, 0.05) is 39.0 Å². The summed E-state index contributed by atoms with van der Waals surface area (Å²) in [6, 6.07) is 6.79. The molecule has 1 aromatic heterocycles. The van der Waals surface area contributed by atoms with Gasteiger partial charge in [-0.3, -0.25) is 0 Å². The van der Waals surface area contributed by atoms with Crippen LogP contribution in [-0.2, 0) is 4.74 Å². The van der Waals surface area contributed by atoms with Crippen LogP contribution in [0.1, 0.15) is 25.7 Å². The molecule has 0 unspecified atom stereocenters. The maximum absolute atomic E-state index is 5.06. The van der Waals surface area contributed by atoms with E-state index in [-0.39, 0.29) is 0 Å². The molecule has 1 N–H and O–H groups in total. The second-order valence-electron chi connectivity index (χ2n) is 5.10. The van der Waals surface area contributed by atoms with E-state index in [2.05, 4.69) is 27.3 Å². The molecule has 1 aliphatic heterocycles. The van der Waals surface area contributed by atoms with E-state index in [1.807, 2.05) is 12.3 Å². The number of anilines is 1. The molecule has 4 heteroatoms. The molecule has 4 nitrogen and oxygen atoms in total. The molecular formula is C15H25N3O. The largest absolute Gasteiger partial charge is 0.385 e. The third kappa shape index (κ3) is 4.80. The highest BCUT2D eigenvalue weighted by Crippen LogP contribution is 2.17. The standard InChI is InChI=1S/C15H25N3O/c1-19-13-5-4-9-16-14-7-11-18(12-8-14)15-6-2-3-10-17-15/h2-3,6,10,14,16H,4-5,7-9,11-13H2,1H3. The average Bonchev–Trinajstić information content (AvgIpc) is 2.49. The molecule has 1 saturated heterocycles. The first kappa shape index (κ1) is 14.3. The van der Waals surface area contributed by atoms with E-state index in [4.69, 9.17) is 4.74 Å². The van der Waals surface area contributed by atoms with Crippen molar-refractivity contribution in [1.82, 2.24) is 10.3 Å². The number of aromatic nitrogens is 1. The summed E-state index contributed by atoms with van der Waals surface area (Å²) in [7, 11) is 1.76. The second-order valence-corrected chi connectivity index (χ2v) is 5.10. The molecular weight excluding hydrogens is 238 g/mol. The molecule has 0 radical (unpaired) electrons. The Labute approximate surface area is 116 Å². The van der Waals surface area contributed by atoms with Crippen molar-refractivity contribution in [3.05, 3.63) is 24.4 Å². The minimum atomic E-state index is 0.669. The lowest BCUT2D eigenvalue weighted by Crippen LogP contribution is -2.43. The highest BCUT2D eigenvalue weighted by Gasteiger charge is 2.19. The summed E-state index contributed by atoms with van der Waals surface area (Å²) in [4.78, 5) is 6.79. The fourth-order valence-corrected chi connectivity index (χ4v) is 2.53. The zero-order valence-corrected chi connectivity index (χ0v) is 11.8. The van der Waals surface area contributed by atoms with Gasteiger partial charge in [0.25, 0.3) is 0 Å². The van der Waals surface area contributed by atoms with E-state index < -0.39 is 0 Å². The van der Waals surface area contributed by atoms with Crippen LogP contribution in [0.15, 0.2) is 24.4 Å². The number of unbranched alkanes of at least 4 members (excludes halogenated alkanes) is 1. The molecule has 2 rings (SSSR count). The number of ether oxygens (including phenoxy) is 1. The molecule has 0 amide bonds. The molecule has 2 heterocycles. The molecule has 0 saturated carbocycles. The highest BCUT2D eigenvalue weighted by molar-refractivity contribution is 5.38. The summed E-state index contributed by atoms with van der Waals surface area (Å²) in [6.07, 6.45) is 6.64. The molecule has 19 heavy (non-hydrogen) atoms. The van der Waals surface area contributed by atoms with Gasteiger partial charge in [-0.1, -0.05) is 6.07 Å². The lowest BCUT2D eigenvalue weighted by atomic mass is 10.0. The van der Waals surface area contributed by atoms with Gasteiger partial charge in [-0.15, -0.1) is 0 Å². The summed E-state index contributed by atoms with van der Waals surface area (Å²) in [5.41, 5.74) is 0. The number of nitrogens with one attached hydrogen (secondary N) is 1. The Morgan fingerprint density at radius 3 is 2.84 bits per heavy atom. The molecule has 1 aromatic rings. The lowest BCUT2D eigenvalue weighted by Gasteiger charge is -2.33. The number of piperidine rings is 1. The van der Waals surface area contributed by atoms with Crippen molar-refractivity contribution in [2.75, 3.05) is 38.3 Å². The van der Waals surface area contributed by atoms with Crippen LogP contribution in [0.2, 0.25) is 0 Å². The van der Waals surface area contributed by atoms with Crippen molar-refractivity contribution in [2.45, 2.75) is 31.7 Å². The van der Waals surface area contributed by atoms with Gasteiger partial charge in [-0.2, -0.15) is 0 Å². The first-order chi connectivity index (χ1) is 9.40. The van der Waals surface area contributed by atoms with Gasteiger partial charge in [0.05, 0.1) is 0 Å². The van der Waals surface area contributed by atoms with Crippen molar-refractivity contribution in [2.24, 2.45) is 0 Å². The van der Waals surface area contributed by atoms with Gasteiger partial charge in [0.2, 0.25) is 0 Å². The lowest BCUT2D eigenvalue weighted by molar-refractivity contribution is 0.192. The van der Waals surface area contributed by atoms with Crippen LogP contribution in [0.25, 0.3) is 0 Å². The highest BCUT2D eigenvalue weighted by atomic mass is 16.5. The third-order valence-electron chi connectivity index (χ3n) is 3.68. The maximum Gasteiger partial charge on any atom is 0.128 e. The summed E-state index contributed by atoms with van der Waals surface area (Å²) in [5.74, 6) is 1.11. The maximum atomic E-state index is 5.06. The van der Waals surface area contributed by atoms with E-state index in [0.29, 0.717) is 6.04 Å². The fraction of sp³-hybridized carbons (Fsp3) is 0.667. The second kappa shape index (κ2) is 8.12. The monoisotopic (exact) mass is 263 g/mol.